The van der Waals surface area contributed by atoms with E-state index in [1.54, 1.807) is 25.7 Å². The lowest BCUT2D eigenvalue weighted by atomic mass is 9.44. The van der Waals surface area contributed by atoms with Crippen LogP contribution in [0.5, 0.6) is 0 Å². The van der Waals surface area contributed by atoms with Gasteiger partial charge >= 0.3 is 0 Å². The van der Waals surface area contributed by atoms with Crippen molar-refractivity contribution in [2.24, 2.45) is 70.5 Å². The first-order valence-electron chi connectivity index (χ1n) is 19.4. The zero-order valence-corrected chi connectivity index (χ0v) is 28.8. The lowest BCUT2D eigenvalue weighted by molar-refractivity contribution is -0.123. The summed E-state index contributed by atoms with van der Waals surface area (Å²) in [6.07, 6.45) is 34.3. The van der Waals surface area contributed by atoms with Gasteiger partial charge in [-0.2, -0.15) is 0 Å². The number of fused-ring (bicyclic) bond motifs is 4. The second kappa shape index (κ2) is 14.7. The molecule has 0 spiro atoms. The fourth-order valence-corrected chi connectivity index (χ4v) is 11.9. The molecule has 41 heavy (non-hydrogen) atoms. The highest BCUT2D eigenvalue weighted by molar-refractivity contribution is 5.12. The summed E-state index contributed by atoms with van der Waals surface area (Å²) in [5.41, 5.74) is 2.53. The van der Waals surface area contributed by atoms with Crippen molar-refractivity contribution in [2.45, 2.75) is 176 Å². The van der Waals surface area contributed by atoms with Gasteiger partial charge in [-0.1, -0.05) is 98.1 Å². The van der Waals surface area contributed by atoms with Crippen molar-refractivity contribution in [3.63, 3.8) is 0 Å². The molecular weight excluding hydrogens is 492 g/mol. The maximum absolute atomic E-state index is 2.79. The van der Waals surface area contributed by atoms with E-state index in [0.717, 1.165) is 65.1 Å². The summed E-state index contributed by atoms with van der Waals surface area (Å²) in [7, 11) is 0. The standard InChI is InChI=1S/C41H72/c1-29(2)23-32-19-20-34(33-17-13-9-7-10-14-18-33)27-37-38(25-32)40-31(5)24-35(30(3)4)26-36(28-39(37)40)41(6)21-15-11-8-12-16-22-41/h17,29-32,34-40H,7-16,18-28H2,1-6H3. The number of allylic oxidation sites excluding steroid dienone is 2. The van der Waals surface area contributed by atoms with E-state index in [1.165, 1.54) is 109 Å². The molecule has 5 aliphatic carbocycles. The average Bonchev–Trinajstić information content (AvgIpc) is 2.86. The Bertz CT molecular complexity index is 808. The van der Waals surface area contributed by atoms with Gasteiger partial charge in [0.2, 0.25) is 0 Å². The molecule has 0 aliphatic heterocycles. The van der Waals surface area contributed by atoms with E-state index in [0.29, 0.717) is 5.41 Å². The van der Waals surface area contributed by atoms with Crippen LogP contribution in [0.25, 0.3) is 0 Å². The van der Waals surface area contributed by atoms with Gasteiger partial charge in [0.1, 0.15) is 0 Å². The van der Waals surface area contributed by atoms with Crippen molar-refractivity contribution in [3.8, 4) is 0 Å². The summed E-state index contributed by atoms with van der Waals surface area (Å²) < 4.78 is 0. The topological polar surface area (TPSA) is 0 Å². The summed E-state index contributed by atoms with van der Waals surface area (Å²) in [4.78, 5) is 0. The molecule has 4 fully saturated rings. The number of hydrogen-bond donors (Lipinski definition) is 0. The predicted octanol–water partition coefficient (Wildman–Crippen LogP) is 13.1. The molecule has 0 heteroatoms. The maximum Gasteiger partial charge on any atom is -0.0200 e. The first-order valence-corrected chi connectivity index (χ1v) is 19.4. The van der Waals surface area contributed by atoms with E-state index in [4.69, 9.17) is 0 Å². The third-order valence-electron chi connectivity index (χ3n) is 14.2. The molecule has 9 atom stereocenters. The molecule has 0 aromatic rings. The Labute approximate surface area is 258 Å². The Balaban J connectivity index is 1.44. The lowest BCUT2D eigenvalue weighted by Gasteiger charge is -2.61. The fourth-order valence-electron chi connectivity index (χ4n) is 11.9. The third-order valence-corrected chi connectivity index (χ3v) is 14.2. The quantitative estimate of drug-likeness (QED) is 0.291. The van der Waals surface area contributed by atoms with Crippen LogP contribution in [0, 0.1) is 70.5 Å². The van der Waals surface area contributed by atoms with E-state index >= 15 is 0 Å². The predicted molar refractivity (Wildman–Crippen MR) is 180 cm³/mol. The molecule has 9 unspecified atom stereocenters. The first kappa shape index (κ1) is 32.1. The molecular formula is C41H72. The SMILES string of the molecule is CC(C)CC1CCC(C2=CCCCCCC2)CC2C(C1)C1C(C)CC(C(C)C)CC(C3(C)CCCCCCC3)CC21. The Morgan fingerprint density at radius 3 is 2.15 bits per heavy atom. The minimum absolute atomic E-state index is 0.604. The Kier molecular flexibility index (Phi) is 11.5. The summed E-state index contributed by atoms with van der Waals surface area (Å²) in [6.45, 7) is 15.7. The van der Waals surface area contributed by atoms with E-state index in [1.807, 2.05) is 5.57 Å². The molecule has 0 aromatic heterocycles. The molecule has 0 saturated heterocycles. The van der Waals surface area contributed by atoms with Crippen LogP contribution >= 0.6 is 0 Å². The summed E-state index contributed by atoms with van der Waals surface area (Å²) >= 11 is 0. The zero-order chi connectivity index (χ0) is 29.0. The van der Waals surface area contributed by atoms with E-state index < -0.39 is 0 Å². The maximum atomic E-state index is 2.79. The van der Waals surface area contributed by atoms with Crippen LogP contribution in [-0.4, -0.2) is 0 Å². The molecule has 0 N–H and O–H groups in total. The third kappa shape index (κ3) is 7.88. The minimum atomic E-state index is 0.604. The molecule has 5 aliphatic rings. The normalized spacial score (nSPS) is 41.1. The van der Waals surface area contributed by atoms with Gasteiger partial charge in [0.25, 0.3) is 0 Å². The second-order valence-corrected chi connectivity index (χ2v) is 17.8. The van der Waals surface area contributed by atoms with Crippen LogP contribution in [0.1, 0.15) is 176 Å². The van der Waals surface area contributed by atoms with Crippen molar-refractivity contribution < 1.29 is 0 Å². The highest BCUT2D eigenvalue weighted by Gasteiger charge is 2.56. The van der Waals surface area contributed by atoms with Crippen molar-refractivity contribution >= 4 is 0 Å². The van der Waals surface area contributed by atoms with Crippen LogP contribution in [0.2, 0.25) is 0 Å². The van der Waals surface area contributed by atoms with Crippen LogP contribution in [-0.2, 0) is 0 Å². The summed E-state index contributed by atoms with van der Waals surface area (Å²) in [6, 6.07) is 0. The first-order chi connectivity index (χ1) is 19.7. The van der Waals surface area contributed by atoms with Gasteiger partial charge < -0.3 is 0 Å². The Morgan fingerprint density at radius 2 is 1.41 bits per heavy atom. The van der Waals surface area contributed by atoms with E-state index in [2.05, 4.69) is 47.6 Å². The van der Waals surface area contributed by atoms with Gasteiger partial charge in [-0.25, -0.2) is 0 Å². The number of rotatable bonds is 5. The van der Waals surface area contributed by atoms with Crippen molar-refractivity contribution in [2.75, 3.05) is 0 Å². The van der Waals surface area contributed by atoms with Gasteiger partial charge in [0.15, 0.2) is 0 Å². The molecule has 0 amide bonds. The van der Waals surface area contributed by atoms with Gasteiger partial charge in [-0.3, -0.25) is 0 Å². The van der Waals surface area contributed by atoms with Gasteiger partial charge in [-0.05, 0) is 160 Å². The van der Waals surface area contributed by atoms with Crippen LogP contribution < -0.4 is 0 Å². The van der Waals surface area contributed by atoms with E-state index in [-0.39, 0.29) is 0 Å². The van der Waals surface area contributed by atoms with Gasteiger partial charge in [0, 0.05) is 0 Å². The Hall–Kier alpha value is -0.260. The number of hydrogen-bond acceptors (Lipinski definition) is 0. The van der Waals surface area contributed by atoms with Crippen LogP contribution in [0.4, 0.5) is 0 Å². The Morgan fingerprint density at radius 1 is 0.732 bits per heavy atom. The minimum Gasteiger partial charge on any atom is -0.0851 e. The smallest absolute Gasteiger partial charge is 0.0200 e. The van der Waals surface area contributed by atoms with Crippen molar-refractivity contribution in [1.29, 1.82) is 0 Å². The van der Waals surface area contributed by atoms with Crippen molar-refractivity contribution in [3.05, 3.63) is 11.6 Å². The summed E-state index contributed by atoms with van der Waals surface area (Å²) in [5.74, 6) is 10.6. The molecule has 5 rings (SSSR count). The monoisotopic (exact) mass is 565 g/mol. The highest BCUT2D eigenvalue weighted by atomic mass is 14.6. The fraction of sp³-hybridized carbons (Fsp3) is 0.951. The van der Waals surface area contributed by atoms with E-state index in [9.17, 15) is 0 Å². The molecule has 0 aromatic carbocycles. The molecule has 0 heterocycles. The summed E-state index contributed by atoms with van der Waals surface area (Å²) in [5, 5.41) is 0. The largest absolute Gasteiger partial charge is 0.0851 e. The van der Waals surface area contributed by atoms with Gasteiger partial charge in [-0.15, -0.1) is 0 Å². The molecule has 0 bridgehead atoms. The average molecular weight is 565 g/mol. The van der Waals surface area contributed by atoms with Crippen LogP contribution in [0.15, 0.2) is 11.6 Å². The lowest BCUT2D eigenvalue weighted by Crippen LogP contribution is -2.54. The molecule has 0 nitrogen and oxygen atoms in total. The molecule has 0 radical (unpaired) electrons. The molecule has 4 saturated carbocycles. The molecule has 236 valence electrons. The van der Waals surface area contributed by atoms with Crippen molar-refractivity contribution in [1.82, 2.24) is 0 Å². The highest BCUT2D eigenvalue weighted by Crippen LogP contribution is 2.63. The second-order valence-electron chi connectivity index (χ2n) is 17.8. The van der Waals surface area contributed by atoms with Gasteiger partial charge in [0.05, 0.1) is 0 Å². The zero-order valence-electron chi connectivity index (χ0n) is 28.8. The van der Waals surface area contributed by atoms with Crippen LogP contribution in [0.3, 0.4) is 0 Å².